The molecule has 1 N–H and O–H groups in total. The first kappa shape index (κ1) is 10.5. The third-order valence-corrected chi connectivity index (χ3v) is 4.76. The van der Waals surface area contributed by atoms with Crippen molar-refractivity contribution in [2.45, 2.75) is 12.5 Å². The minimum atomic E-state index is -0.620. The van der Waals surface area contributed by atoms with Crippen molar-refractivity contribution in [1.29, 1.82) is 0 Å². The number of thioether (sulfide) groups is 1. The van der Waals surface area contributed by atoms with Gasteiger partial charge in [0.2, 0.25) is 0 Å². The first-order valence-corrected chi connectivity index (χ1v) is 6.64. The van der Waals surface area contributed by atoms with E-state index in [0.717, 1.165) is 21.5 Å². The van der Waals surface area contributed by atoms with Crippen LogP contribution in [0.2, 0.25) is 0 Å². The average molecular weight is 273 g/mol. The highest BCUT2D eigenvalue weighted by molar-refractivity contribution is 9.10. The van der Waals surface area contributed by atoms with Crippen LogP contribution < -0.4 is 0 Å². The van der Waals surface area contributed by atoms with Crippen LogP contribution in [-0.2, 0) is 5.60 Å². The summed E-state index contributed by atoms with van der Waals surface area (Å²) in [5.74, 6) is 2.20. The predicted molar refractivity (Wildman–Crippen MR) is 64.5 cm³/mol. The van der Waals surface area contributed by atoms with Gasteiger partial charge in [0.1, 0.15) is 5.60 Å². The van der Waals surface area contributed by atoms with E-state index in [1.807, 2.05) is 36.0 Å². The largest absolute Gasteiger partial charge is 0.384 e. The molecule has 0 aliphatic carbocycles. The second-order valence-corrected chi connectivity index (χ2v) is 5.79. The van der Waals surface area contributed by atoms with Crippen molar-refractivity contribution in [1.82, 2.24) is 0 Å². The SMILES string of the molecule is C[C@@H]1CSC[C@]1(O)c1ccc(Br)cc1. The molecule has 1 fully saturated rings. The topological polar surface area (TPSA) is 20.2 Å². The summed E-state index contributed by atoms with van der Waals surface area (Å²) < 4.78 is 1.06. The van der Waals surface area contributed by atoms with Crippen molar-refractivity contribution in [3.63, 3.8) is 0 Å². The molecule has 0 aromatic heterocycles. The van der Waals surface area contributed by atoms with Gasteiger partial charge in [0, 0.05) is 10.2 Å². The predicted octanol–water partition coefficient (Wildman–Crippen LogP) is 3.02. The Morgan fingerprint density at radius 2 is 2.07 bits per heavy atom. The van der Waals surface area contributed by atoms with Gasteiger partial charge in [-0.3, -0.25) is 0 Å². The summed E-state index contributed by atoms with van der Waals surface area (Å²) in [6.07, 6.45) is 0. The Kier molecular flexibility index (Phi) is 2.91. The second-order valence-electron chi connectivity index (χ2n) is 3.85. The lowest BCUT2D eigenvalue weighted by molar-refractivity contribution is 0.0234. The van der Waals surface area contributed by atoms with E-state index in [1.54, 1.807) is 0 Å². The number of hydrogen-bond acceptors (Lipinski definition) is 2. The number of benzene rings is 1. The normalized spacial score (nSPS) is 32.1. The Morgan fingerprint density at radius 3 is 2.57 bits per heavy atom. The molecule has 1 saturated heterocycles. The van der Waals surface area contributed by atoms with Gasteiger partial charge in [0.05, 0.1) is 0 Å². The van der Waals surface area contributed by atoms with Gasteiger partial charge >= 0.3 is 0 Å². The summed E-state index contributed by atoms with van der Waals surface area (Å²) in [6, 6.07) is 7.99. The van der Waals surface area contributed by atoms with Gasteiger partial charge < -0.3 is 5.11 Å². The van der Waals surface area contributed by atoms with Crippen molar-refractivity contribution in [3.05, 3.63) is 34.3 Å². The molecule has 76 valence electrons. The maximum absolute atomic E-state index is 10.5. The number of aliphatic hydroxyl groups is 1. The lowest BCUT2D eigenvalue weighted by atomic mass is 9.85. The van der Waals surface area contributed by atoms with E-state index < -0.39 is 5.60 Å². The summed E-state index contributed by atoms with van der Waals surface area (Å²) in [4.78, 5) is 0. The molecule has 1 heterocycles. The van der Waals surface area contributed by atoms with Crippen molar-refractivity contribution < 1.29 is 5.11 Å². The summed E-state index contributed by atoms with van der Waals surface area (Å²) in [7, 11) is 0. The fraction of sp³-hybridized carbons (Fsp3) is 0.455. The van der Waals surface area contributed by atoms with E-state index in [9.17, 15) is 5.11 Å². The van der Waals surface area contributed by atoms with Gasteiger partial charge in [-0.2, -0.15) is 11.8 Å². The van der Waals surface area contributed by atoms with E-state index >= 15 is 0 Å². The smallest absolute Gasteiger partial charge is 0.102 e. The molecular weight excluding hydrogens is 260 g/mol. The van der Waals surface area contributed by atoms with Crippen LogP contribution in [0, 0.1) is 5.92 Å². The lowest BCUT2D eigenvalue weighted by Crippen LogP contribution is -2.32. The number of halogens is 1. The van der Waals surface area contributed by atoms with E-state index in [0.29, 0.717) is 5.92 Å². The Labute approximate surface area is 97.0 Å². The van der Waals surface area contributed by atoms with Crippen molar-refractivity contribution in [3.8, 4) is 0 Å². The summed E-state index contributed by atoms with van der Waals surface area (Å²) >= 11 is 5.23. The van der Waals surface area contributed by atoms with Crippen LogP contribution in [-0.4, -0.2) is 16.6 Å². The van der Waals surface area contributed by atoms with Crippen LogP contribution in [0.3, 0.4) is 0 Å². The van der Waals surface area contributed by atoms with Gasteiger partial charge in [-0.25, -0.2) is 0 Å². The maximum Gasteiger partial charge on any atom is 0.102 e. The standard InChI is InChI=1S/C11H13BrOS/c1-8-6-14-7-11(8,13)9-2-4-10(12)5-3-9/h2-5,8,13H,6-7H2,1H3/t8-,11-/m1/s1. The molecule has 0 amide bonds. The first-order valence-electron chi connectivity index (χ1n) is 4.69. The van der Waals surface area contributed by atoms with E-state index in [-0.39, 0.29) is 0 Å². The molecule has 1 aliphatic heterocycles. The Hall–Kier alpha value is 0.01000. The molecule has 0 saturated carbocycles. The minimum absolute atomic E-state index is 0.341. The Balaban J connectivity index is 2.34. The van der Waals surface area contributed by atoms with E-state index in [2.05, 4.69) is 22.9 Å². The highest BCUT2D eigenvalue weighted by Crippen LogP contribution is 2.41. The van der Waals surface area contributed by atoms with Crippen LogP contribution in [0.4, 0.5) is 0 Å². The molecule has 1 nitrogen and oxygen atoms in total. The molecule has 0 spiro atoms. The third-order valence-electron chi connectivity index (χ3n) is 2.85. The molecule has 2 atom stereocenters. The van der Waals surface area contributed by atoms with Gasteiger partial charge in [-0.1, -0.05) is 35.0 Å². The zero-order valence-corrected chi connectivity index (χ0v) is 10.4. The quantitative estimate of drug-likeness (QED) is 0.848. The Morgan fingerprint density at radius 1 is 1.43 bits per heavy atom. The molecule has 0 bridgehead atoms. The maximum atomic E-state index is 10.5. The summed E-state index contributed by atoms with van der Waals surface area (Å²) in [5, 5.41) is 10.5. The summed E-state index contributed by atoms with van der Waals surface area (Å²) in [5.41, 5.74) is 0.420. The molecular formula is C11H13BrOS. The fourth-order valence-corrected chi connectivity index (χ4v) is 3.55. The molecule has 2 rings (SSSR count). The Bertz CT molecular complexity index is 325. The van der Waals surface area contributed by atoms with Gasteiger partial charge in [0.25, 0.3) is 0 Å². The zero-order chi connectivity index (χ0) is 10.2. The molecule has 1 aromatic rings. The van der Waals surface area contributed by atoms with Gasteiger partial charge in [-0.15, -0.1) is 0 Å². The van der Waals surface area contributed by atoms with E-state index in [4.69, 9.17) is 0 Å². The number of rotatable bonds is 1. The average Bonchev–Trinajstić information content (AvgIpc) is 2.49. The van der Waals surface area contributed by atoms with Gasteiger partial charge in [0.15, 0.2) is 0 Å². The molecule has 1 aliphatic rings. The van der Waals surface area contributed by atoms with Crippen LogP contribution in [0.15, 0.2) is 28.7 Å². The molecule has 3 heteroatoms. The van der Waals surface area contributed by atoms with Gasteiger partial charge in [-0.05, 0) is 29.4 Å². The molecule has 0 radical (unpaired) electrons. The first-order chi connectivity index (χ1) is 6.63. The van der Waals surface area contributed by atoms with Crippen LogP contribution >= 0.6 is 27.7 Å². The number of hydrogen-bond donors (Lipinski definition) is 1. The lowest BCUT2D eigenvalue weighted by Gasteiger charge is -2.27. The molecule has 1 aromatic carbocycles. The zero-order valence-electron chi connectivity index (χ0n) is 8.03. The summed E-state index contributed by atoms with van der Waals surface area (Å²) in [6.45, 7) is 2.11. The van der Waals surface area contributed by atoms with Crippen LogP contribution in [0.25, 0.3) is 0 Å². The highest BCUT2D eigenvalue weighted by Gasteiger charge is 2.40. The van der Waals surface area contributed by atoms with Crippen LogP contribution in [0.5, 0.6) is 0 Å². The third kappa shape index (κ3) is 1.73. The second kappa shape index (κ2) is 3.87. The van der Waals surface area contributed by atoms with Crippen molar-refractivity contribution in [2.75, 3.05) is 11.5 Å². The monoisotopic (exact) mass is 272 g/mol. The molecule has 0 unspecified atom stereocenters. The van der Waals surface area contributed by atoms with E-state index in [1.165, 1.54) is 0 Å². The van der Waals surface area contributed by atoms with Crippen molar-refractivity contribution >= 4 is 27.7 Å². The minimum Gasteiger partial charge on any atom is -0.384 e. The highest BCUT2D eigenvalue weighted by atomic mass is 79.9. The molecule has 14 heavy (non-hydrogen) atoms. The fourth-order valence-electron chi connectivity index (χ4n) is 1.78. The van der Waals surface area contributed by atoms with Crippen LogP contribution in [0.1, 0.15) is 12.5 Å². The van der Waals surface area contributed by atoms with Crippen molar-refractivity contribution in [2.24, 2.45) is 5.92 Å².